The van der Waals surface area contributed by atoms with Gasteiger partial charge in [0.25, 0.3) is 5.91 Å². The molecule has 248 valence electrons. The van der Waals surface area contributed by atoms with Crippen LogP contribution in [0.1, 0.15) is 112 Å². The van der Waals surface area contributed by atoms with Crippen molar-refractivity contribution < 1.29 is 23.1 Å². The van der Waals surface area contributed by atoms with Gasteiger partial charge in [-0.15, -0.1) is 0 Å². The molecular weight excluding hydrogens is 582 g/mol. The first-order valence-corrected chi connectivity index (χ1v) is 16.4. The SMILES string of the molecule is COc1c(C(C)(C)C)cc(C(=O)N(C)[C@H]2CCN(C(=O)CCCCC(c3ccc(F)cc3)c3ccc(F)cc3)C2)cc1C(C)(C)C. The summed E-state index contributed by atoms with van der Waals surface area (Å²) in [6.45, 7) is 13.9. The summed E-state index contributed by atoms with van der Waals surface area (Å²) in [6.07, 6.45) is 3.43. The molecule has 1 fully saturated rings. The van der Waals surface area contributed by atoms with Crippen LogP contribution in [0, 0.1) is 11.6 Å². The molecule has 2 amide bonds. The van der Waals surface area contributed by atoms with Crippen molar-refractivity contribution in [1.29, 1.82) is 0 Å². The Morgan fingerprint density at radius 2 is 1.37 bits per heavy atom. The summed E-state index contributed by atoms with van der Waals surface area (Å²) in [6, 6.07) is 16.8. The van der Waals surface area contributed by atoms with Gasteiger partial charge < -0.3 is 14.5 Å². The third-order valence-corrected chi connectivity index (χ3v) is 9.22. The Morgan fingerprint density at radius 1 is 0.870 bits per heavy atom. The number of amides is 2. The van der Waals surface area contributed by atoms with Crippen LogP contribution in [0.5, 0.6) is 5.75 Å². The van der Waals surface area contributed by atoms with E-state index < -0.39 is 0 Å². The fourth-order valence-corrected chi connectivity index (χ4v) is 6.44. The van der Waals surface area contributed by atoms with Gasteiger partial charge in [-0.2, -0.15) is 0 Å². The molecule has 1 aliphatic rings. The molecule has 0 N–H and O–H groups in total. The van der Waals surface area contributed by atoms with Crippen molar-refractivity contribution in [2.45, 2.75) is 96.4 Å². The van der Waals surface area contributed by atoms with Crippen molar-refractivity contribution in [2.24, 2.45) is 0 Å². The summed E-state index contributed by atoms with van der Waals surface area (Å²) in [5, 5.41) is 0. The lowest BCUT2D eigenvalue weighted by Crippen LogP contribution is -2.40. The molecule has 1 aliphatic heterocycles. The highest BCUT2D eigenvalue weighted by atomic mass is 19.1. The van der Waals surface area contributed by atoms with E-state index in [9.17, 15) is 18.4 Å². The van der Waals surface area contributed by atoms with E-state index in [1.807, 2.05) is 24.1 Å². The van der Waals surface area contributed by atoms with Crippen LogP contribution in [0.3, 0.4) is 0 Å². The molecule has 0 bridgehead atoms. The number of hydrogen-bond donors (Lipinski definition) is 0. The van der Waals surface area contributed by atoms with Gasteiger partial charge in [-0.3, -0.25) is 9.59 Å². The predicted octanol–water partition coefficient (Wildman–Crippen LogP) is 8.63. The number of methoxy groups -OCH3 is 1. The monoisotopic (exact) mass is 632 g/mol. The maximum absolute atomic E-state index is 13.9. The standard InChI is InChI=1S/C39H50F2N2O3/c1-38(2,3)33-23-28(24-34(36(33)46-8)39(4,5)6)37(45)42(7)31-21-22-43(25-31)35(44)12-10-9-11-32(26-13-17-29(40)18-14-26)27-15-19-30(41)20-16-27/h13-20,23-24,31-32H,9-12,21-22,25H2,1-8H3/t31-/m0/s1. The van der Waals surface area contributed by atoms with Crippen molar-refractivity contribution in [3.05, 3.63) is 100 Å². The number of nitrogens with zero attached hydrogens (tertiary/aromatic N) is 2. The predicted molar refractivity (Wildman–Crippen MR) is 181 cm³/mol. The average Bonchev–Trinajstić information content (AvgIpc) is 3.50. The molecule has 1 heterocycles. The number of ether oxygens (including phenoxy) is 1. The number of unbranched alkanes of at least 4 members (excludes halogenated alkanes) is 1. The van der Waals surface area contributed by atoms with Gasteiger partial charge in [0.1, 0.15) is 17.4 Å². The van der Waals surface area contributed by atoms with E-state index in [-0.39, 0.29) is 46.2 Å². The maximum atomic E-state index is 13.9. The molecule has 46 heavy (non-hydrogen) atoms. The van der Waals surface area contributed by atoms with Crippen LogP contribution in [0.2, 0.25) is 0 Å². The van der Waals surface area contributed by atoms with E-state index in [1.54, 1.807) is 36.3 Å². The van der Waals surface area contributed by atoms with Crippen molar-refractivity contribution in [3.63, 3.8) is 0 Å². The van der Waals surface area contributed by atoms with Crippen LogP contribution in [0.15, 0.2) is 60.7 Å². The minimum atomic E-state index is -0.295. The number of carbonyl (C=O) groups is 2. The first-order chi connectivity index (χ1) is 21.6. The third-order valence-electron chi connectivity index (χ3n) is 9.22. The zero-order valence-corrected chi connectivity index (χ0v) is 28.8. The average molecular weight is 633 g/mol. The zero-order valence-electron chi connectivity index (χ0n) is 28.8. The van der Waals surface area contributed by atoms with Gasteiger partial charge in [-0.05, 0) is 77.6 Å². The number of halogens is 2. The first kappa shape index (κ1) is 35.1. The smallest absolute Gasteiger partial charge is 0.253 e. The van der Waals surface area contributed by atoms with Crippen LogP contribution >= 0.6 is 0 Å². The lowest BCUT2D eigenvalue weighted by Gasteiger charge is -2.31. The number of carbonyl (C=O) groups excluding carboxylic acids is 2. The highest BCUT2D eigenvalue weighted by Gasteiger charge is 2.33. The van der Waals surface area contributed by atoms with Gasteiger partial charge in [0.2, 0.25) is 5.91 Å². The normalized spacial score (nSPS) is 15.4. The molecule has 4 rings (SSSR count). The Hall–Kier alpha value is -3.74. The molecule has 1 atom stereocenters. The summed E-state index contributed by atoms with van der Waals surface area (Å²) in [4.78, 5) is 30.7. The number of hydrogen-bond acceptors (Lipinski definition) is 3. The number of likely N-dealkylation sites (N-methyl/N-ethyl adjacent to an activating group) is 1. The minimum absolute atomic E-state index is 0.0114. The van der Waals surface area contributed by atoms with E-state index in [2.05, 4.69) is 41.5 Å². The second-order valence-corrected chi connectivity index (χ2v) is 14.7. The molecule has 0 radical (unpaired) electrons. The summed E-state index contributed by atoms with van der Waals surface area (Å²) in [5.74, 6) is 0.276. The summed E-state index contributed by atoms with van der Waals surface area (Å²) < 4.78 is 33.0. The highest BCUT2D eigenvalue weighted by molar-refractivity contribution is 5.95. The molecule has 3 aromatic rings. The zero-order chi connectivity index (χ0) is 33.8. The van der Waals surface area contributed by atoms with E-state index >= 15 is 0 Å². The lowest BCUT2D eigenvalue weighted by molar-refractivity contribution is -0.130. The van der Waals surface area contributed by atoms with Crippen molar-refractivity contribution in [2.75, 3.05) is 27.2 Å². The Balaban J connectivity index is 1.37. The van der Waals surface area contributed by atoms with E-state index in [4.69, 9.17) is 4.74 Å². The molecular formula is C39H50F2N2O3. The fraction of sp³-hybridized carbons (Fsp3) is 0.487. The highest BCUT2D eigenvalue weighted by Crippen LogP contribution is 2.41. The first-order valence-electron chi connectivity index (χ1n) is 16.4. The molecule has 7 heteroatoms. The Kier molecular flexibility index (Phi) is 11.0. The fourth-order valence-electron chi connectivity index (χ4n) is 6.44. The number of benzene rings is 3. The van der Waals surface area contributed by atoms with Crippen LogP contribution < -0.4 is 4.74 Å². The lowest BCUT2D eigenvalue weighted by atomic mass is 9.78. The van der Waals surface area contributed by atoms with E-state index in [0.717, 1.165) is 47.3 Å². The molecule has 0 aliphatic carbocycles. The van der Waals surface area contributed by atoms with Crippen LogP contribution in [0.4, 0.5) is 8.78 Å². The Morgan fingerprint density at radius 3 is 1.83 bits per heavy atom. The second-order valence-electron chi connectivity index (χ2n) is 14.7. The summed E-state index contributed by atoms with van der Waals surface area (Å²) in [7, 11) is 3.52. The van der Waals surface area contributed by atoms with E-state index in [1.165, 1.54) is 24.3 Å². The van der Waals surface area contributed by atoms with Crippen molar-refractivity contribution in [1.82, 2.24) is 9.80 Å². The maximum Gasteiger partial charge on any atom is 0.253 e. The van der Waals surface area contributed by atoms with Crippen LogP contribution in [-0.4, -0.2) is 54.9 Å². The second kappa shape index (κ2) is 14.4. The summed E-state index contributed by atoms with van der Waals surface area (Å²) in [5.41, 5.74) is 4.15. The molecule has 3 aromatic carbocycles. The Bertz CT molecular complexity index is 1420. The van der Waals surface area contributed by atoms with Crippen LogP contribution in [0.25, 0.3) is 0 Å². The molecule has 0 spiro atoms. The van der Waals surface area contributed by atoms with Gasteiger partial charge in [0, 0.05) is 49.2 Å². The van der Waals surface area contributed by atoms with Gasteiger partial charge in [-0.25, -0.2) is 8.78 Å². The molecule has 0 aromatic heterocycles. The Labute approximate surface area is 273 Å². The van der Waals surface area contributed by atoms with Crippen LogP contribution in [-0.2, 0) is 15.6 Å². The minimum Gasteiger partial charge on any atom is -0.496 e. The largest absolute Gasteiger partial charge is 0.496 e. The van der Waals surface area contributed by atoms with Gasteiger partial charge in [0.15, 0.2) is 0 Å². The van der Waals surface area contributed by atoms with Crippen molar-refractivity contribution >= 4 is 11.8 Å². The molecule has 0 unspecified atom stereocenters. The molecule has 5 nitrogen and oxygen atoms in total. The molecule has 0 saturated carbocycles. The van der Waals surface area contributed by atoms with Gasteiger partial charge in [-0.1, -0.05) is 72.2 Å². The van der Waals surface area contributed by atoms with Gasteiger partial charge >= 0.3 is 0 Å². The quantitative estimate of drug-likeness (QED) is 0.210. The van der Waals surface area contributed by atoms with Crippen molar-refractivity contribution in [3.8, 4) is 5.75 Å². The third kappa shape index (κ3) is 8.34. The van der Waals surface area contributed by atoms with E-state index in [0.29, 0.717) is 31.5 Å². The summed E-state index contributed by atoms with van der Waals surface area (Å²) >= 11 is 0. The topological polar surface area (TPSA) is 49.9 Å². The molecule has 1 saturated heterocycles. The number of likely N-dealkylation sites (tertiary alicyclic amines) is 1. The number of rotatable bonds is 10. The van der Waals surface area contributed by atoms with Gasteiger partial charge in [0.05, 0.1) is 13.2 Å².